The number of pyridine rings is 1. The van der Waals surface area contributed by atoms with Crippen LogP contribution in [0.5, 0.6) is 0 Å². The highest BCUT2D eigenvalue weighted by Gasteiger charge is 2.30. The van der Waals surface area contributed by atoms with Gasteiger partial charge in [-0.15, -0.1) is 0 Å². The van der Waals surface area contributed by atoms with E-state index < -0.39 is 21.8 Å². The van der Waals surface area contributed by atoms with E-state index in [1.54, 1.807) is 12.1 Å². The summed E-state index contributed by atoms with van der Waals surface area (Å²) >= 11 is 0. The molecule has 0 spiro atoms. The molecule has 0 aliphatic carbocycles. The predicted molar refractivity (Wildman–Crippen MR) is 111 cm³/mol. The highest BCUT2D eigenvalue weighted by atomic mass is 32.2. The zero-order chi connectivity index (χ0) is 21.9. The Morgan fingerprint density at radius 2 is 1.70 bits per heavy atom. The van der Waals surface area contributed by atoms with Gasteiger partial charge in [-0.25, -0.2) is 13.4 Å². The fourth-order valence-electron chi connectivity index (χ4n) is 2.88. The summed E-state index contributed by atoms with van der Waals surface area (Å²) in [7, 11) is -4.08. The van der Waals surface area contributed by atoms with E-state index >= 15 is 0 Å². The van der Waals surface area contributed by atoms with Crippen LogP contribution in [-0.4, -0.2) is 19.9 Å². The molecule has 0 bridgehead atoms. The average Bonchev–Trinajstić information content (AvgIpc) is 2.67. The largest absolute Gasteiger partial charge is 0.416 e. The second-order valence-electron chi connectivity index (χ2n) is 7.33. The number of para-hydroxylation sites is 1. The molecule has 0 aliphatic rings. The summed E-state index contributed by atoms with van der Waals surface area (Å²) in [5.41, 5.74) is 0.575. The van der Waals surface area contributed by atoms with Gasteiger partial charge in [0.15, 0.2) is 0 Å². The van der Waals surface area contributed by atoms with Crippen LogP contribution < -0.4 is 10.0 Å². The summed E-state index contributed by atoms with van der Waals surface area (Å²) in [4.78, 5) is 4.30. The van der Waals surface area contributed by atoms with Gasteiger partial charge in [0.05, 0.1) is 27.4 Å². The molecule has 0 saturated heterocycles. The van der Waals surface area contributed by atoms with Crippen molar-refractivity contribution in [2.24, 2.45) is 5.92 Å². The molecule has 0 amide bonds. The topological polar surface area (TPSA) is 71.1 Å². The van der Waals surface area contributed by atoms with Crippen LogP contribution in [0.1, 0.15) is 25.1 Å². The van der Waals surface area contributed by atoms with Crippen molar-refractivity contribution in [1.29, 1.82) is 0 Å². The van der Waals surface area contributed by atoms with E-state index in [-0.39, 0.29) is 10.6 Å². The van der Waals surface area contributed by atoms with Crippen LogP contribution >= 0.6 is 0 Å². The van der Waals surface area contributed by atoms with Gasteiger partial charge in [0.1, 0.15) is 0 Å². The average molecular weight is 437 g/mol. The highest BCUT2D eigenvalue weighted by molar-refractivity contribution is 7.92. The van der Waals surface area contributed by atoms with E-state index in [0.29, 0.717) is 18.0 Å². The third-order valence-electron chi connectivity index (χ3n) is 4.37. The molecule has 5 nitrogen and oxygen atoms in total. The summed E-state index contributed by atoms with van der Waals surface area (Å²) in [6.07, 6.45) is -4.53. The van der Waals surface area contributed by atoms with E-state index in [4.69, 9.17) is 0 Å². The van der Waals surface area contributed by atoms with Crippen LogP contribution in [0.2, 0.25) is 0 Å². The summed E-state index contributed by atoms with van der Waals surface area (Å²) in [6, 6.07) is 12.1. The third-order valence-corrected chi connectivity index (χ3v) is 5.75. The maximum atomic E-state index is 12.7. The molecule has 3 aromatic rings. The predicted octanol–water partition coefficient (Wildman–Crippen LogP) is 4.80. The number of nitrogens with one attached hydrogen (secondary N) is 2. The van der Waals surface area contributed by atoms with Crippen LogP contribution in [0.4, 0.5) is 18.9 Å². The van der Waals surface area contributed by atoms with Crippen molar-refractivity contribution in [3.63, 3.8) is 0 Å². The molecule has 0 fully saturated rings. The number of halogens is 3. The lowest BCUT2D eigenvalue weighted by Crippen LogP contribution is -2.19. The molecule has 0 unspecified atom stereocenters. The lowest BCUT2D eigenvalue weighted by Gasteiger charge is -2.13. The van der Waals surface area contributed by atoms with Crippen molar-refractivity contribution in [2.45, 2.75) is 31.5 Å². The number of aromatic nitrogens is 1. The Labute approximate surface area is 173 Å². The van der Waals surface area contributed by atoms with Crippen LogP contribution in [0, 0.1) is 5.92 Å². The maximum Gasteiger partial charge on any atom is 0.416 e. The van der Waals surface area contributed by atoms with E-state index in [1.165, 1.54) is 0 Å². The van der Waals surface area contributed by atoms with Crippen LogP contribution in [0.3, 0.4) is 0 Å². The normalized spacial score (nSPS) is 12.5. The standard InChI is InChI=1S/C21H22F3N3O2S/c1-14(2)12-25-13-17-9-6-15-4-3-5-19(20(15)26-17)27-30(28,29)18-10-7-16(8-11-18)21(22,23)24/h3-11,14,25,27H,12-13H2,1-2H3. The van der Waals surface area contributed by atoms with Gasteiger partial charge in [0.25, 0.3) is 10.0 Å². The molecule has 0 aliphatic heterocycles. The van der Waals surface area contributed by atoms with E-state index in [2.05, 4.69) is 28.9 Å². The summed E-state index contributed by atoms with van der Waals surface area (Å²) < 4.78 is 66.0. The third kappa shape index (κ3) is 5.28. The number of fused-ring (bicyclic) bond motifs is 1. The number of alkyl halides is 3. The van der Waals surface area contributed by atoms with Crippen LogP contribution in [-0.2, 0) is 22.7 Å². The molecule has 1 heterocycles. The Morgan fingerprint density at radius 3 is 2.33 bits per heavy atom. The van der Waals surface area contributed by atoms with Gasteiger partial charge in [0.2, 0.25) is 0 Å². The first-order valence-corrected chi connectivity index (χ1v) is 10.8. The molecule has 0 saturated carbocycles. The van der Waals surface area contributed by atoms with Gasteiger partial charge in [0, 0.05) is 11.9 Å². The molecule has 30 heavy (non-hydrogen) atoms. The lowest BCUT2D eigenvalue weighted by molar-refractivity contribution is -0.137. The SMILES string of the molecule is CC(C)CNCc1ccc2cccc(NS(=O)(=O)c3ccc(C(F)(F)F)cc3)c2n1. The Kier molecular flexibility index (Phi) is 6.33. The fraction of sp³-hybridized carbons (Fsp3) is 0.286. The molecule has 9 heteroatoms. The Hall–Kier alpha value is -2.65. The zero-order valence-corrected chi connectivity index (χ0v) is 17.3. The first-order chi connectivity index (χ1) is 14.1. The molecule has 0 radical (unpaired) electrons. The van der Waals surface area contributed by atoms with Crippen molar-refractivity contribution in [1.82, 2.24) is 10.3 Å². The number of hydrogen-bond acceptors (Lipinski definition) is 4. The van der Waals surface area contributed by atoms with Crippen LogP contribution in [0.25, 0.3) is 10.9 Å². The van der Waals surface area contributed by atoms with Gasteiger partial charge in [-0.05, 0) is 48.9 Å². The smallest absolute Gasteiger partial charge is 0.311 e. The van der Waals surface area contributed by atoms with Crippen molar-refractivity contribution in [3.8, 4) is 0 Å². The molecule has 1 aromatic heterocycles. The number of hydrogen-bond donors (Lipinski definition) is 2. The molecule has 3 rings (SSSR count). The second-order valence-corrected chi connectivity index (χ2v) is 9.01. The number of rotatable bonds is 7. The quantitative estimate of drug-likeness (QED) is 0.557. The number of sulfonamides is 1. The number of benzene rings is 2. The zero-order valence-electron chi connectivity index (χ0n) is 16.5. The molecular formula is C21H22F3N3O2S. The monoisotopic (exact) mass is 437 g/mol. The maximum absolute atomic E-state index is 12.7. The highest BCUT2D eigenvalue weighted by Crippen LogP contribution is 2.30. The van der Waals surface area contributed by atoms with E-state index in [9.17, 15) is 21.6 Å². The fourth-order valence-corrected chi connectivity index (χ4v) is 3.95. The first kappa shape index (κ1) is 22.0. The molecule has 0 atom stereocenters. The minimum atomic E-state index is -4.53. The first-order valence-electron chi connectivity index (χ1n) is 9.36. The minimum Gasteiger partial charge on any atom is -0.311 e. The van der Waals surface area contributed by atoms with Crippen LogP contribution in [0.15, 0.2) is 59.5 Å². The van der Waals surface area contributed by atoms with E-state index in [0.717, 1.165) is 41.9 Å². The van der Waals surface area contributed by atoms with Crippen molar-refractivity contribution < 1.29 is 21.6 Å². The summed E-state index contributed by atoms with van der Waals surface area (Å²) in [5, 5.41) is 4.03. The summed E-state index contributed by atoms with van der Waals surface area (Å²) in [6.45, 7) is 5.54. The number of anilines is 1. The number of nitrogens with zero attached hydrogens (tertiary/aromatic N) is 1. The Balaban J connectivity index is 1.88. The minimum absolute atomic E-state index is 0.262. The van der Waals surface area contributed by atoms with Gasteiger partial charge in [-0.1, -0.05) is 32.0 Å². The Bertz CT molecular complexity index is 1130. The Morgan fingerprint density at radius 1 is 1.00 bits per heavy atom. The van der Waals surface area contributed by atoms with Crippen molar-refractivity contribution in [2.75, 3.05) is 11.3 Å². The molecule has 2 N–H and O–H groups in total. The van der Waals surface area contributed by atoms with E-state index in [1.807, 2.05) is 18.2 Å². The van der Waals surface area contributed by atoms with Gasteiger partial charge in [-0.2, -0.15) is 13.2 Å². The molecular weight excluding hydrogens is 415 g/mol. The van der Waals surface area contributed by atoms with Crippen molar-refractivity contribution >= 4 is 26.6 Å². The van der Waals surface area contributed by atoms with Crippen molar-refractivity contribution in [3.05, 3.63) is 65.9 Å². The molecule has 2 aromatic carbocycles. The lowest BCUT2D eigenvalue weighted by atomic mass is 10.1. The molecule has 160 valence electrons. The van der Waals surface area contributed by atoms with Gasteiger partial charge >= 0.3 is 6.18 Å². The second kappa shape index (κ2) is 8.61. The van der Waals surface area contributed by atoms with Gasteiger partial charge < -0.3 is 5.32 Å². The van der Waals surface area contributed by atoms with Gasteiger partial charge in [-0.3, -0.25) is 4.72 Å². The summed E-state index contributed by atoms with van der Waals surface area (Å²) in [5.74, 6) is 0.483.